The Morgan fingerprint density at radius 3 is 2.54 bits per heavy atom. The van der Waals surface area contributed by atoms with E-state index in [2.05, 4.69) is 11.4 Å². The van der Waals surface area contributed by atoms with Crippen LogP contribution >= 0.6 is 23.2 Å². The van der Waals surface area contributed by atoms with Gasteiger partial charge in [0, 0.05) is 5.02 Å². The van der Waals surface area contributed by atoms with E-state index >= 15 is 0 Å². The van der Waals surface area contributed by atoms with E-state index in [0.717, 1.165) is 11.3 Å². The molecule has 2 aromatic carbocycles. The second kappa shape index (κ2) is 5.90. The predicted molar refractivity (Wildman–Crippen MR) is 103 cm³/mol. The second-order valence-electron chi connectivity index (χ2n) is 7.84. The molecule has 3 aliphatic rings. The van der Waals surface area contributed by atoms with Crippen LogP contribution in [-0.2, 0) is 0 Å². The van der Waals surface area contributed by atoms with Crippen molar-refractivity contribution in [3.05, 3.63) is 63.1 Å². The van der Waals surface area contributed by atoms with E-state index < -0.39 is 5.97 Å². The van der Waals surface area contributed by atoms with Crippen molar-refractivity contribution < 1.29 is 9.90 Å². The highest BCUT2D eigenvalue weighted by atomic mass is 35.5. The summed E-state index contributed by atoms with van der Waals surface area (Å²) in [5.41, 5.74) is 3.71. The molecule has 0 saturated heterocycles. The van der Waals surface area contributed by atoms with Crippen LogP contribution in [0.1, 0.15) is 52.7 Å². The lowest BCUT2D eigenvalue weighted by molar-refractivity contribution is 0.0697. The molecule has 0 radical (unpaired) electrons. The Kier molecular flexibility index (Phi) is 3.74. The van der Waals surface area contributed by atoms with Crippen LogP contribution in [0.2, 0.25) is 10.0 Å². The third kappa shape index (κ3) is 2.37. The van der Waals surface area contributed by atoms with Gasteiger partial charge in [-0.1, -0.05) is 35.3 Å². The zero-order valence-corrected chi connectivity index (χ0v) is 15.6. The molecule has 0 spiro atoms. The van der Waals surface area contributed by atoms with Crippen molar-refractivity contribution in [2.75, 3.05) is 5.32 Å². The minimum atomic E-state index is -0.894. The molecule has 0 aromatic heterocycles. The van der Waals surface area contributed by atoms with Crippen LogP contribution in [0.5, 0.6) is 0 Å². The van der Waals surface area contributed by atoms with Crippen molar-refractivity contribution in [1.82, 2.24) is 0 Å². The summed E-state index contributed by atoms with van der Waals surface area (Å²) in [6.07, 6.45) is 3.82. The van der Waals surface area contributed by atoms with E-state index in [1.54, 1.807) is 18.2 Å². The van der Waals surface area contributed by atoms with Crippen LogP contribution in [0.25, 0.3) is 0 Å². The molecule has 5 rings (SSSR count). The van der Waals surface area contributed by atoms with Gasteiger partial charge in [-0.25, -0.2) is 4.79 Å². The molecule has 5 atom stereocenters. The van der Waals surface area contributed by atoms with Gasteiger partial charge in [-0.2, -0.15) is 0 Å². The molecule has 2 N–H and O–H groups in total. The highest BCUT2D eigenvalue weighted by molar-refractivity contribution is 6.36. The van der Waals surface area contributed by atoms with Gasteiger partial charge >= 0.3 is 5.97 Å². The normalized spacial score (nSPS) is 31.2. The lowest BCUT2D eigenvalue weighted by atomic mass is 9.68. The van der Waals surface area contributed by atoms with Gasteiger partial charge in [0.15, 0.2) is 0 Å². The number of carboxylic acid groups (broad SMARTS) is 1. The van der Waals surface area contributed by atoms with Crippen LogP contribution in [0, 0.1) is 17.8 Å². The smallest absolute Gasteiger partial charge is 0.335 e. The lowest BCUT2D eigenvalue weighted by Gasteiger charge is -2.44. The van der Waals surface area contributed by atoms with E-state index in [9.17, 15) is 4.79 Å². The first kappa shape index (κ1) is 16.5. The van der Waals surface area contributed by atoms with Gasteiger partial charge in [0.2, 0.25) is 0 Å². The van der Waals surface area contributed by atoms with E-state index in [0.29, 0.717) is 39.3 Å². The lowest BCUT2D eigenvalue weighted by Crippen LogP contribution is -2.35. The Morgan fingerprint density at radius 1 is 1.08 bits per heavy atom. The maximum absolute atomic E-state index is 11.2. The maximum Gasteiger partial charge on any atom is 0.335 e. The minimum absolute atomic E-state index is 0.157. The molecule has 134 valence electrons. The summed E-state index contributed by atoms with van der Waals surface area (Å²) in [6.45, 7) is 0. The summed E-state index contributed by atoms with van der Waals surface area (Å²) in [5, 5.41) is 14.2. The summed E-state index contributed by atoms with van der Waals surface area (Å²) in [4.78, 5) is 11.2. The average molecular weight is 388 g/mol. The maximum atomic E-state index is 11.2. The number of rotatable bonds is 2. The standard InChI is InChI=1S/C21H19Cl2NO2/c22-14-8-15-17-12-5-6-13(7-12)18(17)19(24-20(15)16(23)9-14)10-1-3-11(4-2-10)21(25)26/h1-4,8-9,12-13,17-19,24H,5-7H2,(H,25,26)/t12-,13-,17+,18-,19-/m0/s1. The zero-order chi connectivity index (χ0) is 18.0. The fraction of sp³-hybridized carbons (Fsp3) is 0.381. The molecule has 0 unspecified atom stereocenters. The fourth-order valence-electron chi connectivity index (χ4n) is 5.68. The third-order valence-electron chi connectivity index (χ3n) is 6.63. The average Bonchev–Trinajstić information content (AvgIpc) is 3.23. The van der Waals surface area contributed by atoms with E-state index in [-0.39, 0.29) is 6.04 Å². The number of hydrogen-bond donors (Lipinski definition) is 2. The number of benzene rings is 2. The molecule has 3 nitrogen and oxygen atoms in total. The molecule has 2 bridgehead atoms. The van der Waals surface area contributed by atoms with Crippen molar-refractivity contribution in [3.8, 4) is 0 Å². The Hall–Kier alpha value is -1.71. The first-order chi connectivity index (χ1) is 12.5. The van der Waals surface area contributed by atoms with Gasteiger partial charge in [0.25, 0.3) is 0 Å². The van der Waals surface area contributed by atoms with Crippen LogP contribution in [-0.4, -0.2) is 11.1 Å². The quantitative estimate of drug-likeness (QED) is 0.665. The first-order valence-corrected chi connectivity index (χ1v) is 9.87. The number of halogens is 2. The van der Waals surface area contributed by atoms with E-state index in [4.69, 9.17) is 28.3 Å². The van der Waals surface area contributed by atoms with Gasteiger partial charge in [0.05, 0.1) is 22.3 Å². The molecule has 0 amide bonds. The monoisotopic (exact) mass is 387 g/mol. The van der Waals surface area contributed by atoms with E-state index in [1.807, 2.05) is 12.1 Å². The minimum Gasteiger partial charge on any atom is -0.478 e. The molecule has 2 fully saturated rings. The first-order valence-electron chi connectivity index (χ1n) is 9.11. The number of fused-ring (bicyclic) bond motifs is 7. The summed E-state index contributed by atoms with van der Waals surface area (Å²) in [5.74, 6) is 1.49. The van der Waals surface area contributed by atoms with Crippen molar-refractivity contribution in [2.24, 2.45) is 17.8 Å². The van der Waals surface area contributed by atoms with Crippen molar-refractivity contribution in [2.45, 2.75) is 31.2 Å². The number of hydrogen-bond acceptors (Lipinski definition) is 2. The van der Waals surface area contributed by atoms with Crippen LogP contribution < -0.4 is 5.32 Å². The van der Waals surface area contributed by atoms with Crippen LogP contribution in [0.3, 0.4) is 0 Å². The number of nitrogens with one attached hydrogen (secondary N) is 1. The molecule has 1 aliphatic heterocycles. The summed E-state index contributed by atoms with van der Waals surface area (Å²) in [6, 6.07) is 11.3. The van der Waals surface area contributed by atoms with Crippen molar-refractivity contribution in [1.29, 1.82) is 0 Å². The van der Waals surface area contributed by atoms with Gasteiger partial charge in [-0.15, -0.1) is 0 Å². The second-order valence-corrected chi connectivity index (χ2v) is 8.68. The predicted octanol–water partition coefficient (Wildman–Crippen LogP) is 5.99. The van der Waals surface area contributed by atoms with Gasteiger partial charge < -0.3 is 10.4 Å². The number of aromatic carboxylic acids is 1. The summed E-state index contributed by atoms with van der Waals surface area (Å²) in [7, 11) is 0. The SMILES string of the molecule is O=C(O)c1ccc([C@@H]2Nc3c(Cl)cc(Cl)cc3[C@H]3[C@H]4CC[C@@H](C4)[C@@H]32)cc1. The summed E-state index contributed by atoms with van der Waals surface area (Å²) < 4.78 is 0. The summed E-state index contributed by atoms with van der Waals surface area (Å²) >= 11 is 12.8. The van der Waals surface area contributed by atoms with Crippen molar-refractivity contribution >= 4 is 34.9 Å². The fourth-order valence-corrected chi connectivity index (χ4v) is 6.24. The molecule has 1 heterocycles. The molecule has 2 aromatic rings. The van der Waals surface area contributed by atoms with Gasteiger partial charge in [-0.3, -0.25) is 0 Å². The Bertz CT molecular complexity index is 896. The van der Waals surface area contributed by atoms with Crippen LogP contribution in [0.15, 0.2) is 36.4 Å². The molecule has 2 saturated carbocycles. The Morgan fingerprint density at radius 2 is 1.81 bits per heavy atom. The third-order valence-corrected chi connectivity index (χ3v) is 7.14. The van der Waals surface area contributed by atoms with Gasteiger partial charge in [-0.05, 0) is 78.3 Å². The van der Waals surface area contributed by atoms with Crippen molar-refractivity contribution in [3.63, 3.8) is 0 Å². The largest absolute Gasteiger partial charge is 0.478 e. The zero-order valence-electron chi connectivity index (χ0n) is 14.1. The highest BCUT2D eigenvalue weighted by Gasteiger charge is 2.54. The Labute approximate surface area is 162 Å². The van der Waals surface area contributed by atoms with Crippen LogP contribution in [0.4, 0.5) is 5.69 Å². The number of carbonyl (C=O) groups is 1. The molecule has 5 heteroatoms. The topological polar surface area (TPSA) is 49.3 Å². The van der Waals surface area contributed by atoms with E-state index in [1.165, 1.54) is 24.8 Å². The number of carboxylic acids is 1. The molecular formula is C21H19Cl2NO2. The molecular weight excluding hydrogens is 369 g/mol. The number of anilines is 1. The molecule has 2 aliphatic carbocycles. The highest BCUT2D eigenvalue weighted by Crippen LogP contribution is 2.64. The van der Waals surface area contributed by atoms with Gasteiger partial charge in [0.1, 0.15) is 0 Å². The molecule has 26 heavy (non-hydrogen) atoms. The Balaban J connectivity index is 1.61.